The summed E-state index contributed by atoms with van der Waals surface area (Å²) in [5, 5.41) is 0. The zero-order valence-electron chi connectivity index (χ0n) is 21.8. The van der Waals surface area contributed by atoms with E-state index in [0.717, 1.165) is 48.8 Å². The number of nitrogens with zero attached hydrogens (tertiary/aromatic N) is 4. The highest BCUT2D eigenvalue weighted by atomic mass is 19.3. The van der Waals surface area contributed by atoms with Gasteiger partial charge >= 0.3 is 0 Å². The Morgan fingerprint density at radius 1 is 1.16 bits per heavy atom. The summed E-state index contributed by atoms with van der Waals surface area (Å²) in [6, 6.07) is 4.42. The monoisotopic (exact) mass is 532 g/mol. The van der Waals surface area contributed by atoms with E-state index in [-0.39, 0.29) is 12.0 Å². The van der Waals surface area contributed by atoms with E-state index in [1.807, 2.05) is 19.3 Å². The molecular formula is C28H35F3N4O3. The fraction of sp³-hybridized carbons (Fsp3) is 0.607. The third kappa shape index (κ3) is 6.57. The minimum absolute atomic E-state index is 0.193. The predicted octanol–water partition coefficient (Wildman–Crippen LogP) is 4.49. The molecule has 5 rings (SSSR count). The highest BCUT2D eigenvalue weighted by molar-refractivity contribution is 5.80. The van der Waals surface area contributed by atoms with Crippen LogP contribution < -0.4 is 9.64 Å². The van der Waals surface area contributed by atoms with Crippen molar-refractivity contribution in [3.63, 3.8) is 0 Å². The molecule has 7 nitrogen and oxygen atoms in total. The summed E-state index contributed by atoms with van der Waals surface area (Å²) in [6.07, 6.45) is 7.87. The van der Waals surface area contributed by atoms with Crippen LogP contribution in [0.2, 0.25) is 0 Å². The second-order valence-electron chi connectivity index (χ2n) is 10.7. The van der Waals surface area contributed by atoms with Gasteiger partial charge in [-0.2, -0.15) is 0 Å². The third-order valence-electron chi connectivity index (χ3n) is 7.89. The predicted molar refractivity (Wildman–Crippen MR) is 136 cm³/mol. The van der Waals surface area contributed by atoms with Crippen molar-refractivity contribution in [2.75, 3.05) is 44.3 Å². The lowest BCUT2D eigenvalue weighted by molar-refractivity contribution is -0.165. The number of carbonyl (C=O) groups is 1. The Kier molecular flexibility index (Phi) is 8.07. The first-order chi connectivity index (χ1) is 18.3. The molecule has 10 heteroatoms. The number of piperidine rings is 1. The largest absolute Gasteiger partial charge is 0.493 e. The molecule has 3 aliphatic rings. The Balaban J connectivity index is 0.998. The van der Waals surface area contributed by atoms with E-state index in [0.29, 0.717) is 43.3 Å². The first kappa shape index (κ1) is 26.7. The van der Waals surface area contributed by atoms with E-state index in [4.69, 9.17) is 9.47 Å². The standard InChI is InChI=1S/C28H35F3N4O3/c1-2-37-16-19-14-32-27(33-15-19)34-8-5-20(6-9-34)24-11-21(24)7-10-38-23-4-3-22(25(29)13-23)12-26(36)35-17-28(30,31)18-35/h3-4,13-15,20-21,24H,2,5-12,16-18H2,1H3/t21-,24-/m1/s1. The molecule has 1 aromatic carbocycles. The minimum Gasteiger partial charge on any atom is -0.493 e. The number of ether oxygens (including phenoxy) is 2. The van der Waals surface area contributed by atoms with Crippen molar-refractivity contribution in [3.8, 4) is 5.75 Å². The smallest absolute Gasteiger partial charge is 0.282 e. The zero-order chi connectivity index (χ0) is 26.7. The fourth-order valence-electron chi connectivity index (χ4n) is 5.57. The van der Waals surface area contributed by atoms with Gasteiger partial charge < -0.3 is 19.3 Å². The van der Waals surface area contributed by atoms with E-state index < -0.39 is 30.7 Å². The molecule has 2 aliphatic heterocycles. The number of hydrogen-bond acceptors (Lipinski definition) is 6. The maximum Gasteiger partial charge on any atom is 0.282 e. The van der Waals surface area contributed by atoms with E-state index in [1.165, 1.54) is 18.6 Å². The average molecular weight is 533 g/mol. The number of halogens is 3. The molecule has 1 aliphatic carbocycles. The number of amides is 1. The van der Waals surface area contributed by atoms with Gasteiger partial charge in [-0.05, 0) is 62.0 Å². The summed E-state index contributed by atoms with van der Waals surface area (Å²) in [6.45, 7) is 4.44. The van der Waals surface area contributed by atoms with Gasteiger partial charge in [0, 0.05) is 43.7 Å². The molecule has 1 amide bonds. The number of hydrogen-bond donors (Lipinski definition) is 0. The lowest BCUT2D eigenvalue weighted by Crippen LogP contribution is -2.58. The van der Waals surface area contributed by atoms with Crippen LogP contribution in [0.25, 0.3) is 0 Å². The molecular weight excluding hydrogens is 497 g/mol. The van der Waals surface area contributed by atoms with Crippen molar-refractivity contribution < 1.29 is 27.4 Å². The summed E-state index contributed by atoms with van der Waals surface area (Å²) in [5.74, 6) is -0.596. The second kappa shape index (κ2) is 11.5. The molecule has 0 unspecified atom stereocenters. The van der Waals surface area contributed by atoms with E-state index in [9.17, 15) is 18.0 Å². The average Bonchev–Trinajstić information content (AvgIpc) is 3.67. The number of carbonyl (C=O) groups excluding carboxylic acids is 1. The number of aromatic nitrogens is 2. The quantitative estimate of drug-likeness (QED) is 0.425. The molecule has 1 saturated carbocycles. The molecule has 3 fully saturated rings. The highest BCUT2D eigenvalue weighted by Gasteiger charge is 2.46. The van der Waals surface area contributed by atoms with Gasteiger partial charge in [0.2, 0.25) is 11.9 Å². The van der Waals surface area contributed by atoms with Gasteiger partial charge in [-0.25, -0.2) is 23.1 Å². The molecule has 206 valence electrons. The first-order valence-corrected chi connectivity index (χ1v) is 13.5. The van der Waals surface area contributed by atoms with Crippen LogP contribution in [0.3, 0.4) is 0 Å². The maximum absolute atomic E-state index is 14.5. The summed E-state index contributed by atoms with van der Waals surface area (Å²) in [5.41, 5.74) is 1.18. The fourth-order valence-corrected chi connectivity index (χ4v) is 5.57. The van der Waals surface area contributed by atoms with Gasteiger partial charge in [0.1, 0.15) is 11.6 Å². The van der Waals surface area contributed by atoms with Crippen LogP contribution in [0, 0.1) is 23.6 Å². The van der Waals surface area contributed by atoms with Crippen molar-refractivity contribution >= 4 is 11.9 Å². The molecule has 0 N–H and O–H groups in total. The Labute approximate surface area is 221 Å². The SMILES string of the molecule is CCOCc1cnc(N2CCC([C@H]3C[C@H]3CCOc3ccc(CC(=O)N4CC(F)(F)C4)c(F)c3)CC2)nc1. The zero-order valence-corrected chi connectivity index (χ0v) is 21.8. The number of benzene rings is 1. The number of rotatable bonds is 11. The normalized spacial score (nSPS) is 22.7. The molecule has 2 saturated heterocycles. The van der Waals surface area contributed by atoms with E-state index in [1.54, 1.807) is 6.07 Å². The topological polar surface area (TPSA) is 67.8 Å². The van der Waals surface area contributed by atoms with Crippen molar-refractivity contribution in [1.82, 2.24) is 14.9 Å². The summed E-state index contributed by atoms with van der Waals surface area (Å²) >= 11 is 0. The van der Waals surface area contributed by atoms with Crippen LogP contribution in [0.1, 0.15) is 43.7 Å². The van der Waals surface area contributed by atoms with Crippen LogP contribution in [0.15, 0.2) is 30.6 Å². The van der Waals surface area contributed by atoms with Crippen molar-refractivity contribution in [3.05, 3.63) is 47.5 Å². The maximum atomic E-state index is 14.5. The summed E-state index contributed by atoms with van der Waals surface area (Å²) < 4.78 is 51.6. The summed E-state index contributed by atoms with van der Waals surface area (Å²) in [4.78, 5) is 24.4. The lowest BCUT2D eigenvalue weighted by atomic mass is 9.90. The molecule has 1 aromatic heterocycles. The molecule has 3 heterocycles. The van der Waals surface area contributed by atoms with Crippen LogP contribution >= 0.6 is 0 Å². The van der Waals surface area contributed by atoms with Gasteiger partial charge in [0.25, 0.3) is 5.92 Å². The number of alkyl halides is 2. The Hall–Kier alpha value is -2.88. The lowest BCUT2D eigenvalue weighted by Gasteiger charge is -2.38. The van der Waals surface area contributed by atoms with Gasteiger partial charge in [0.15, 0.2) is 0 Å². The van der Waals surface area contributed by atoms with Gasteiger partial charge in [0.05, 0.1) is 32.7 Å². The molecule has 0 spiro atoms. The molecule has 0 radical (unpaired) electrons. The molecule has 2 atom stereocenters. The minimum atomic E-state index is -2.82. The Bertz CT molecular complexity index is 1100. The second-order valence-corrected chi connectivity index (χ2v) is 10.7. The Morgan fingerprint density at radius 3 is 2.55 bits per heavy atom. The van der Waals surface area contributed by atoms with Crippen LogP contribution in [0.4, 0.5) is 19.1 Å². The molecule has 2 aromatic rings. The van der Waals surface area contributed by atoms with E-state index >= 15 is 0 Å². The van der Waals surface area contributed by atoms with Crippen LogP contribution in [-0.2, 0) is 22.6 Å². The van der Waals surface area contributed by atoms with Crippen molar-refractivity contribution in [2.45, 2.75) is 51.6 Å². The van der Waals surface area contributed by atoms with Crippen LogP contribution in [-0.4, -0.2) is 66.1 Å². The van der Waals surface area contributed by atoms with Gasteiger partial charge in [-0.15, -0.1) is 0 Å². The van der Waals surface area contributed by atoms with Gasteiger partial charge in [-0.3, -0.25) is 4.79 Å². The molecule has 38 heavy (non-hydrogen) atoms. The van der Waals surface area contributed by atoms with E-state index in [2.05, 4.69) is 14.9 Å². The highest BCUT2D eigenvalue weighted by Crippen LogP contribution is 2.49. The van der Waals surface area contributed by atoms with Crippen molar-refractivity contribution in [2.24, 2.45) is 17.8 Å². The van der Waals surface area contributed by atoms with Crippen LogP contribution in [0.5, 0.6) is 5.75 Å². The first-order valence-electron chi connectivity index (χ1n) is 13.5. The number of anilines is 1. The van der Waals surface area contributed by atoms with Crippen molar-refractivity contribution in [1.29, 1.82) is 0 Å². The molecule has 0 bridgehead atoms. The van der Waals surface area contributed by atoms with Gasteiger partial charge in [-0.1, -0.05) is 6.07 Å². The Morgan fingerprint density at radius 2 is 1.89 bits per heavy atom. The third-order valence-corrected chi connectivity index (χ3v) is 7.89. The summed E-state index contributed by atoms with van der Waals surface area (Å²) in [7, 11) is 0. The number of likely N-dealkylation sites (tertiary alicyclic amines) is 1.